The molecule has 1 N–H and O–H groups in total. The van der Waals surface area contributed by atoms with E-state index in [2.05, 4.69) is 31.4 Å². The first-order valence-corrected chi connectivity index (χ1v) is 8.62. The fourth-order valence-corrected chi connectivity index (χ4v) is 2.66. The van der Waals surface area contributed by atoms with Gasteiger partial charge in [-0.2, -0.15) is 4.98 Å². The van der Waals surface area contributed by atoms with Crippen molar-refractivity contribution in [2.45, 2.75) is 6.54 Å². The second kappa shape index (κ2) is 8.44. The zero-order valence-electron chi connectivity index (χ0n) is 14.0. The molecule has 0 saturated heterocycles. The summed E-state index contributed by atoms with van der Waals surface area (Å²) in [6, 6.07) is 15.0. The molecule has 0 bridgehead atoms. The quantitative estimate of drug-likeness (QED) is 0.621. The number of carbonyl (C=O) groups is 1. The van der Waals surface area contributed by atoms with Crippen molar-refractivity contribution in [3.8, 4) is 17.1 Å². The minimum absolute atomic E-state index is 0.149. The number of hydrogen-bond donors (Lipinski definition) is 1. The molecule has 6 nitrogen and oxygen atoms in total. The van der Waals surface area contributed by atoms with Gasteiger partial charge in [0.15, 0.2) is 0 Å². The Morgan fingerprint density at radius 2 is 2.12 bits per heavy atom. The van der Waals surface area contributed by atoms with Crippen LogP contribution in [0.25, 0.3) is 17.5 Å². The topological polar surface area (TPSA) is 77.2 Å². The number of nitrogens with one attached hydrogen (secondary N) is 1. The van der Waals surface area contributed by atoms with Gasteiger partial charge in [-0.25, -0.2) is 0 Å². The number of para-hydroxylation sites is 1. The molecule has 3 rings (SSSR count). The van der Waals surface area contributed by atoms with Crippen molar-refractivity contribution in [1.29, 1.82) is 0 Å². The lowest BCUT2D eigenvalue weighted by atomic mass is 10.2. The maximum Gasteiger partial charge on any atom is 0.246 e. The molecule has 0 fully saturated rings. The van der Waals surface area contributed by atoms with Crippen LogP contribution in [0.5, 0.6) is 5.75 Å². The van der Waals surface area contributed by atoms with E-state index >= 15 is 0 Å². The van der Waals surface area contributed by atoms with E-state index in [0.717, 1.165) is 15.6 Å². The number of benzene rings is 2. The first-order chi connectivity index (χ1) is 12.7. The highest BCUT2D eigenvalue weighted by molar-refractivity contribution is 9.10. The lowest BCUT2D eigenvalue weighted by Gasteiger charge is -2.03. The number of carbonyl (C=O) groups excluding carboxylic acids is 1. The van der Waals surface area contributed by atoms with E-state index in [1.54, 1.807) is 13.2 Å². The molecule has 1 aromatic heterocycles. The summed E-state index contributed by atoms with van der Waals surface area (Å²) < 4.78 is 11.3. The van der Waals surface area contributed by atoms with Gasteiger partial charge in [0.05, 0.1) is 13.7 Å². The summed E-state index contributed by atoms with van der Waals surface area (Å²) in [7, 11) is 1.59. The van der Waals surface area contributed by atoms with Crippen LogP contribution in [0.3, 0.4) is 0 Å². The van der Waals surface area contributed by atoms with Crippen LogP contribution in [0.2, 0.25) is 0 Å². The van der Waals surface area contributed by atoms with Gasteiger partial charge in [0, 0.05) is 21.7 Å². The molecular weight excluding hydrogens is 398 g/mol. The largest absolute Gasteiger partial charge is 0.496 e. The predicted molar refractivity (Wildman–Crippen MR) is 101 cm³/mol. The fraction of sp³-hybridized carbons (Fsp3) is 0.105. The third-order valence-electron chi connectivity index (χ3n) is 3.52. The van der Waals surface area contributed by atoms with E-state index < -0.39 is 0 Å². The van der Waals surface area contributed by atoms with Crippen LogP contribution in [-0.4, -0.2) is 23.2 Å². The van der Waals surface area contributed by atoms with Crippen molar-refractivity contribution in [1.82, 2.24) is 15.5 Å². The van der Waals surface area contributed by atoms with Crippen molar-refractivity contribution in [3.63, 3.8) is 0 Å². The van der Waals surface area contributed by atoms with Gasteiger partial charge < -0.3 is 14.6 Å². The van der Waals surface area contributed by atoms with Gasteiger partial charge in [-0.15, -0.1) is 0 Å². The highest BCUT2D eigenvalue weighted by atomic mass is 79.9. The summed E-state index contributed by atoms with van der Waals surface area (Å²) in [5, 5.41) is 6.64. The predicted octanol–water partition coefficient (Wildman–Crippen LogP) is 3.84. The number of hydrogen-bond acceptors (Lipinski definition) is 5. The molecule has 0 aliphatic carbocycles. The van der Waals surface area contributed by atoms with Crippen molar-refractivity contribution in [2.75, 3.05) is 7.11 Å². The number of nitrogens with zero attached hydrogens (tertiary/aromatic N) is 2. The third-order valence-corrected chi connectivity index (χ3v) is 4.01. The fourth-order valence-electron chi connectivity index (χ4n) is 2.26. The van der Waals surface area contributed by atoms with Gasteiger partial charge in [-0.05, 0) is 24.3 Å². The van der Waals surface area contributed by atoms with Crippen LogP contribution in [0.1, 0.15) is 11.5 Å². The summed E-state index contributed by atoms with van der Waals surface area (Å²) >= 11 is 3.40. The molecule has 3 aromatic rings. The number of halogens is 1. The Hall–Kier alpha value is -2.93. The van der Waals surface area contributed by atoms with E-state index in [-0.39, 0.29) is 12.5 Å². The first kappa shape index (κ1) is 17.9. The van der Waals surface area contributed by atoms with Crippen molar-refractivity contribution < 1.29 is 14.1 Å². The van der Waals surface area contributed by atoms with Gasteiger partial charge in [0.1, 0.15) is 5.75 Å². The van der Waals surface area contributed by atoms with Gasteiger partial charge in [-0.3, -0.25) is 4.79 Å². The monoisotopic (exact) mass is 413 g/mol. The number of rotatable bonds is 6. The molecule has 0 aliphatic heterocycles. The first-order valence-electron chi connectivity index (χ1n) is 7.83. The molecule has 0 spiro atoms. The summed E-state index contributed by atoms with van der Waals surface area (Å²) in [6.45, 7) is 0.149. The zero-order valence-corrected chi connectivity index (χ0v) is 15.6. The average Bonchev–Trinajstić information content (AvgIpc) is 3.14. The van der Waals surface area contributed by atoms with Gasteiger partial charge in [-0.1, -0.05) is 51.4 Å². The van der Waals surface area contributed by atoms with Crippen LogP contribution in [0.15, 0.2) is 63.6 Å². The third kappa shape index (κ3) is 4.58. The second-order valence-electron chi connectivity index (χ2n) is 5.32. The highest BCUT2D eigenvalue weighted by Crippen LogP contribution is 2.20. The summed E-state index contributed by atoms with van der Waals surface area (Å²) in [5.74, 6) is 1.24. The highest BCUT2D eigenvalue weighted by Gasteiger charge is 2.09. The standard InChI is InChI=1S/C19H16BrN3O3/c1-25-16-8-3-2-5-13(16)9-10-17(24)21-12-18-22-19(23-26-18)14-6-4-7-15(20)11-14/h2-11H,12H2,1H3,(H,21,24)/b10-9+. The summed E-state index contributed by atoms with van der Waals surface area (Å²) in [4.78, 5) is 16.3. The van der Waals surface area contributed by atoms with Crippen LogP contribution < -0.4 is 10.1 Å². The molecule has 0 atom stereocenters. The second-order valence-corrected chi connectivity index (χ2v) is 6.23. The normalized spacial score (nSPS) is 10.8. The SMILES string of the molecule is COc1ccccc1/C=C/C(=O)NCc1nc(-c2cccc(Br)c2)no1. The minimum Gasteiger partial charge on any atom is -0.496 e. The Balaban J connectivity index is 1.59. The number of methoxy groups -OCH3 is 1. The van der Waals surface area contributed by atoms with E-state index in [4.69, 9.17) is 9.26 Å². The van der Waals surface area contributed by atoms with E-state index in [0.29, 0.717) is 17.5 Å². The Kier molecular flexibility index (Phi) is 5.80. The molecule has 7 heteroatoms. The molecule has 0 saturated carbocycles. The molecule has 0 radical (unpaired) electrons. The molecule has 2 aromatic carbocycles. The van der Waals surface area contributed by atoms with Gasteiger partial charge >= 0.3 is 0 Å². The van der Waals surface area contributed by atoms with E-state index in [1.807, 2.05) is 48.5 Å². The Labute approximate surface area is 159 Å². The van der Waals surface area contributed by atoms with E-state index in [1.165, 1.54) is 6.08 Å². The van der Waals surface area contributed by atoms with Crippen molar-refractivity contribution in [3.05, 3.63) is 70.5 Å². The van der Waals surface area contributed by atoms with E-state index in [9.17, 15) is 4.79 Å². The smallest absolute Gasteiger partial charge is 0.246 e. The van der Waals surface area contributed by atoms with Crippen LogP contribution in [0.4, 0.5) is 0 Å². The van der Waals surface area contributed by atoms with Crippen molar-refractivity contribution in [2.24, 2.45) is 0 Å². The maximum atomic E-state index is 12.0. The lowest BCUT2D eigenvalue weighted by Crippen LogP contribution is -2.20. The average molecular weight is 414 g/mol. The van der Waals surface area contributed by atoms with Crippen LogP contribution in [-0.2, 0) is 11.3 Å². The minimum atomic E-state index is -0.266. The van der Waals surface area contributed by atoms with Gasteiger partial charge in [0.25, 0.3) is 0 Å². The molecule has 0 unspecified atom stereocenters. The number of aromatic nitrogens is 2. The maximum absolute atomic E-state index is 12.0. The Morgan fingerprint density at radius 1 is 1.27 bits per heavy atom. The summed E-state index contributed by atoms with van der Waals surface area (Å²) in [6.07, 6.45) is 3.12. The Morgan fingerprint density at radius 3 is 2.92 bits per heavy atom. The molecule has 1 heterocycles. The van der Waals surface area contributed by atoms with Crippen LogP contribution in [0, 0.1) is 0 Å². The molecule has 0 aliphatic rings. The van der Waals surface area contributed by atoms with Gasteiger partial charge in [0.2, 0.25) is 17.6 Å². The summed E-state index contributed by atoms with van der Waals surface area (Å²) in [5.41, 5.74) is 1.65. The molecule has 1 amide bonds. The van der Waals surface area contributed by atoms with Crippen LogP contribution >= 0.6 is 15.9 Å². The lowest BCUT2D eigenvalue weighted by molar-refractivity contribution is -0.116. The van der Waals surface area contributed by atoms with Crippen molar-refractivity contribution >= 4 is 27.9 Å². The Bertz CT molecular complexity index is 937. The number of amides is 1. The number of ether oxygens (including phenoxy) is 1. The molecule has 132 valence electrons. The zero-order chi connectivity index (χ0) is 18.4. The molecule has 26 heavy (non-hydrogen) atoms. The molecular formula is C19H16BrN3O3.